The van der Waals surface area contributed by atoms with Crippen LogP contribution in [0.25, 0.3) is 0 Å². The number of nitrogens with zero attached hydrogens (tertiary/aromatic N) is 1. The van der Waals surface area contributed by atoms with Crippen molar-refractivity contribution in [3.63, 3.8) is 0 Å². The summed E-state index contributed by atoms with van der Waals surface area (Å²) < 4.78 is 10.2. The lowest BCUT2D eigenvalue weighted by Gasteiger charge is -2.41. The summed E-state index contributed by atoms with van der Waals surface area (Å²) in [4.78, 5) is 13.2. The number of amides is 2. The molecule has 9 heteroatoms. The highest BCUT2D eigenvalue weighted by atomic mass is 35.5. The number of aliphatic hydroxyl groups excluding tert-OH is 3. The van der Waals surface area contributed by atoms with E-state index in [2.05, 4.69) is 5.32 Å². The molecule has 0 radical (unpaired) electrons. The van der Waals surface area contributed by atoms with Gasteiger partial charge in [-0.15, -0.1) is 11.6 Å². The van der Waals surface area contributed by atoms with E-state index in [1.54, 1.807) is 0 Å². The van der Waals surface area contributed by atoms with E-state index in [4.69, 9.17) is 21.1 Å². The Morgan fingerprint density at radius 1 is 1.45 bits per heavy atom. The second kappa shape index (κ2) is 8.60. The molecule has 1 rings (SSSR count). The average Bonchev–Trinajstić information content (AvgIpc) is 2.44. The van der Waals surface area contributed by atoms with E-state index in [0.717, 1.165) is 0 Å². The van der Waals surface area contributed by atoms with Crippen LogP contribution in [-0.4, -0.2) is 90.1 Å². The summed E-state index contributed by atoms with van der Waals surface area (Å²) in [5.74, 6) is 0.249. The van der Waals surface area contributed by atoms with Crippen LogP contribution in [0.15, 0.2) is 0 Å². The quantitative estimate of drug-likeness (QED) is 0.436. The Morgan fingerprint density at radius 3 is 2.75 bits per heavy atom. The van der Waals surface area contributed by atoms with Crippen molar-refractivity contribution in [1.82, 2.24) is 10.2 Å². The second-order valence-corrected chi connectivity index (χ2v) is 4.76. The third-order valence-corrected chi connectivity index (χ3v) is 3.14. The maximum absolute atomic E-state index is 12.0. The highest BCUT2D eigenvalue weighted by Gasteiger charge is 2.42. The molecular weight excluding hydrogens is 292 g/mol. The van der Waals surface area contributed by atoms with Crippen LogP contribution in [0.1, 0.15) is 0 Å². The van der Waals surface area contributed by atoms with Crippen LogP contribution in [0.3, 0.4) is 0 Å². The molecule has 0 aromatic rings. The van der Waals surface area contributed by atoms with Crippen LogP contribution in [0, 0.1) is 0 Å². The Kier molecular flexibility index (Phi) is 7.49. The predicted molar refractivity (Wildman–Crippen MR) is 70.5 cm³/mol. The normalized spacial score (nSPS) is 30.1. The molecule has 4 atom stereocenters. The first-order chi connectivity index (χ1) is 9.52. The molecular formula is C11H21ClN2O6. The standard InChI is InChI=1S/C11H21ClN2O6/c1-19-5-4-14(11(18)13-3-2-12)10-9(17)8(16)7(15)6-20-10/h7-10,15-17H,2-6H2,1H3,(H,13,18)/t7-,8-,9+,10?/m0/s1. The third kappa shape index (κ3) is 4.44. The molecule has 0 aromatic carbocycles. The molecule has 0 saturated carbocycles. The Balaban J connectivity index is 2.73. The molecule has 1 fully saturated rings. The molecule has 0 aromatic heterocycles. The topological polar surface area (TPSA) is 111 Å². The van der Waals surface area contributed by atoms with Crippen LogP contribution in [0.4, 0.5) is 4.79 Å². The molecule has 1 unspecified atom stereocenters. The number of nitrogens with one attached hydrogen (secondary N) is 1. The van der Waals surface area contributed by atoms with Gasteiger partial charge in [-0.05, 0) is 0 Å². The monoisotopic (exact) mass is 312 g/mol. The van der Waals surface area contributed by atoms with Crippen LogP contribution in [0.5, 0.6) is 0 Å². The second-order valence-electron chi connectivity index (χ2n) is 4.38. The molecule has 4 N–H and O–H groups in total. The van der Waals surface area contributed by atoms with Crippen molar-refractivity contribution in [2.24, 2.45) is 0 Å². The molecule has 1 aliphatic rings. The maximum atomic E-state index is 12.0. The number of aliphatic hydroxyl groups is 3. The first kappa shape index (κ1) is 17.4. The van der Waals surface area contributed by atoms with E-state index in [0.29, 0.717) is 0 Å². The minimum Gasteiger partial charge on any atom is -0.388 e. The molecule has 2 amide bonds. The smallest absolute Gasteiger partial charge is 0.319 e. The van der Waals surface area contributed by atoms with Crippen LogP contribution in [-0.2, 0) is 9.47 Å². The van der Waals surface area contributed by atoms with Crippen LogP contribution in [0.2, 0.25) is 0 Å². The number of methoxy groups -OCH3 is 1. The van der Waals surface area contributed by atoms with Crippen molar-refractivity contribution >= 4 is 17.6 Å². The number of urea groups is 1. The van der Waals surface area contributed by atoms with Crippen molar-refractivity contribution in [3.8, 4) is 0 Å². The Labute approximate surface area is 122 Å². The minimum absolute atomic E-state index is 0.162. The van der Waals surface area contributed by atoms with Gasteiger partial charge in [0.25, 0.3) is 0 Å². The molecule has 20 heavy (non-hydrogen) atoms. The van der Waals surface area contributed by atoms with Gasteiger partial charge >= 0.3 is 6.03 Å². The Hall–Kier alpha value is -0.640. The lowest BCUT2D eigenvalue weighted by atomic mass is 10.0. The predicted octanol–water partition coefficient (Wildman–Crippen LogP) is -1.68. The molecule has 0 spiro atoms. The van der Waals surface area contributed by atoms with Gasteiger partial charge in [0.1, 0.15) is 18.3 Å². The lowest BCUT2D eigenvalue weighted by molar-refractivity contribution is -0.220. The van der Waals surface area contributed by atoms with Gasteiger partial charge in [0.05, 0.1) is 13.2 Å². The van der Waals surface area contributed by atoms with Gasteiger partial charge < -0.3 is 30.1 Å². The van der Waals surface area contributed by atoms with Gasteiger partial charge in [-0.25, -0.2) is 4.79 Å². The summed E-state index contributed by atoms with van der Waals surface area (Å²) in [7, 11) is 1.48. The molecule has 0 bridgehead atoms. The summed E-state index contributed by atoms with van der Waals surface area (Å²) in [5.41, 5.74) is 0. The SMILES string of the molecule is COCCN(C(=O)NCCCl)C1OC[C@H](O)[C@H](O)[C@H]1O. The molecule has 1 heterocycles. The average molecular weight is 313 g/mol. The zero-order valence-corrected chi connectivity index (χ0v) is 12.0. The highest BCUT2D eigenvalue weighted by molar-refractivity contribution is 6.18. The van der Waals surface area contributed by atoms with Crippen molar-refractivity contribution in [2.45, 2.75) is 24.5 Å². The summed E-state index contributed by atoms with van der Waals surface area (Å²) >= 11 is 5.50. The van der Waals surface area contributed by atoms with Crippen molar-refractivity contribution < 1.29 is 29.6 Å². The van der Waals surface area contributed by atoms with E-state index < -0.39 is 30.6 Å². The number of halogens is 1. The fourth-order valence-electron chi connectivity index (χ4n) is 1.85. The molecule has 1 aliphatic heterocycles. The fraction of sp³-hybridized carbons (Fsp3) is 0.909. The zero-order chi connectivity index (χ0) is 15.1. The van der Waals surface area contributed by atoms with Gasteiger partial charge in [-0.2, -0.15) is 0 Å². The van der Waals surface area contributed by atoms with Gasteiger partial charge in [0.2, 0.25) is 0 Å². The minimum atomic E-state index is -1.41. The number of hydrogen-bond acceptors (Lipinski definition) is 6. The number of ether oxygens (including phenoxy) is 2. The van der Waals surface area contributed by atoms with E-state index in [1.165, 1.54) is 12.0 Å². The van der Waals surface area contributed by atoms with Crippen molar-refractivity contribution in [1.29, 1.82) is 0 Å². The number of rotatable bonds is 6. The number of hydrogen-bond donors (Lipinski definition) is 4. The Morgan fingerprint density at radius 2 is 2.15 bits per heavy atom. The summed E-state index contributed by atoms with van der Waals surface area (Å²) in [6.45, 7) is 0.488. The van der Waals surface area contributed by atoms with Crippen molar-refractivity contribution in [2.75, 3.05) is 39.3 Å². The summed E-state index contributed by atoms with van der Waals surface area (Å²) in [6, 6.07) is -0.490. The van der Waals surface area contributed by atoms with E-state index >= 15 is 0 Å². The van der Waals surface area contributed by atoms with Gasteiger partial charge in [-0.1, -0.05) is 0 Å². The molecule has 118 valence electrons. The van der Waals surface area contributed by atoms with Gasteiger partial charge in [0.15, 0.2) is 6.23 Å². The highest BCUT2D eigenvalue weighted by Crippen LogP contribution is 2.19. The fourth-order valence-corrected chi connectivity index (χ4v) is 1.95. The van der Waals surface area contributed by atoms with Gasteiger partial charge in [-0.3, -0.25) is 4.90 Å². The van der Waals surface area contributed by atoms with Crippen LogP contribution < -0.4 is 5.32 Å². The first-order valence-corrected chi connectivity index (χ1v) is 6.81. The van der Waals surface area contributed by atoms with E-state index in [9.17, 15) is 20.1 Å². The summed E-state index contributed by atoms with van der Waals surface area (Å²) in [5, 5.41) is 31.5. The lowest BCUT2D eigenvalue weighted by Crippen LogP contribution is -2.62. The Bertz CT molecular complexity index is 309. The van der Waals surface area contributed by atoms with Crippen molar-refractivity contribution in [3.05, 3.63) is 0 Å². The molecule has 8 nitrogen and oxygen atoms in total. The molecule has 0 aliphatic carbocycles. The molecule has 1 saturated heterocycles. The first-order valence-electron chi connectivity index (χ1n) is 6.28. The van der Waals surface area contributed by atoms with Crippen LogP contribution >= 0.6 is 11.6 Å². The number of carbonyl (C=O) groups excluding carboxylic acids is 1. The summed E-state index contributed by atoms with van der Waals surface area (Å²) in [6.07, 6.45) is -5.02. The van der Waals surface area contributed by atoms with E-state index in [-0.39, 0.29) is 32.2 Å². The third-order valence-electron chi connectivity index (χ3n) is 2.95. The van der Waals surface area contributed by atoms with Gasteiger partial charge in [0, 0.05) is 26.1 Å². The maximum Gasteiger partial charge on any atom is 0.319 e. The number of carbonyl (C=O) groups is 1. The number of alkyl halides is 1. The zero-order valence-electron chi connectivity index (χ0n) is 11.2. The van der Waals surface area contributed by atoms with E-state index in [1.807, 2.05) is 0 Å². The largest absolute Gasteiger partial charge is 0.388 e.